The van der Waals surface area contributed by atoms with Crippen molar-refractivity contribution < 1.29 is 0 Å². The quantitative estimate of drug-likeness (QED) is 0.159. The number of hydrogen-bond donors (Lipinski definition) is 0. The first-order chi connectivity index (χ1) is 33.6. The van der Waals surface area contributed by atoms with Gasteiger partial charge >= 0.3 is 0 Å². The molecule has 8 aromatic rings. The van der Waals surface area contributed by atoms with Crippen LogP contribution >= 0.6 is 0 Å². The first kappa shape index (κ1) is 43.3. The first-order valence-corrected chi connectivity index (χ1v) is 25.9. The van der Waals surface area contributed by atoms with Gasteiger partial charge in [0, 0.05) is 56.3 Å². The molecule has 0 saturated heterocycles. The van der Waals surface area contributed by atoms with Gasteiger partial charge in [-0.1, -0.05) is 183 Å². The number of benzene rings is 8. The van der Waals surface area contributed by atoms with Gasteiger partial charge in [0.25, 0.3) is 6.71 Å². The van der Waals surface area contributed by atoms with Crippen molar-refractivity contribution in [3.05, 3.63) is 209 Å². The van der Waals surface area contributed by atoms with Crippen molar-refractivity contribution in [2.45, 2.75) is 115 Å². The number of fused-ring (bicyclic) bond motifs is 3. The number of hydrogen-bond acceptors (Lipinski definition) is 3. The minimum atomic E-state index is -0.404. The Kier molecular flexibility index (Phi) is 9.19. The number of nitrogens with zero attached hydrogens (tertiary/aromatic N) is 3. The monoisotopic (exact) mass is 910 g/mol. The van der Waals surface area contributed by atoms with E-state index in [0.717, 1.165) is 6.42 Å². The van der Waals surface area contributed by atoms with Crippen LogP contribution in [0.15, 0.2) is 176 Å². The Morgan fingerprint density at radius 1 is 0.414 bits per heavy atom. The Labute approximate surface area is 416 Å². The van der Waals surface area contributed by atoms with E-state index in [9.17, 15) is 0 Å². The molecule has 4 heteroatoms. The average Bonchev–Trinajstić information content (AvgIpc) is 3.58. The molecule has 1 saturated carbocycles. The molecule has 1 fully saturated rings. The molecule has 8 aromatic carbocycles. The Morgan fingerprint density at radius 3 is 1.43 bits per heavy atom. The van der Waals surface area contributed by atoms with Crippen molar-refractivity contribution in [3.8, 4) is 11.1 Å². The molecule has 5 aliphatic rings. The van der Waals surface area contributed by atoms with Gasteiger partial charge in [-0.25, -0.2) is 0 Å². The predicted molar refractivity (Wildman–Crippen MR) is 298 cm³/mol. The molecule has 0 N–H and O–H groups in total. The van der Waals surface area contributed by atoms with Gasteiger partial charge in [-0.05, 0) is 153 Å². The summed E-state index contributed by atoms with van der Waals surface area (Å²) in [6.07, 6.45) is 4.82. The Bertz CT molecular complexity index is 3400. The van der Waals surface area contributed by atoms with Crippen LogP contribution in [0, 0.1) is 0 Å². The van der Waals surface area contributed by atoms with Crippen LogP contribution < -0.4 is 31.1 Å². The molecule has 3 atom stereocenters. The molecule has 1 aliphatic carbocycles. The van der Waals surface area contributed by atoms with Crippen LogP contribution in [0.5, 0.6) is 0 Å². The van der Waals surface area contributed by atoms with Crippen LogP contribution in [0.1, 0.15) is 121 Å². The molecule has 4 heterocycles. The maximum Gasteiger partial charge on any atom is 0.252 e. The van der Waals surface area contributed by atoms with E-state index in [1.165, 1.54) is 126 Å². The van der Waals surface area contributed by atoms with Gasteiger partial charge in [-0.15, -0.1) is 0 Å². The summed E-state index contributed by atoms with van der Waals surface area (Å²) < 4.78 is 0. The smallest absolute Gasteiger partial charge is 0.252 e. The van der Waals surface area contributed by atoms with E-state index in [1.807, 2.05) is 0 Å². The van der Waals surface area contributed by atoms with E-state index in [2.05, 4.69) is 253 Å². The fourth-order valence-corrected chi connectivity index (χ4v) is 14.0. The van der Waals surface area contributed by atoms with Gasteiger partial charge in [0.1, 0.15) is 0 Å². The third kappa shape index (κ3) is 5.89. The lowest BCUT2D eigenvalue weighted by atomic mass is 9.28. The van der Waals surface area contributed by atoms with Crippen LogP contribution in [0.4, 0.5) is 45.5 Å². The van der Waals surface area contributed by atoms with E-state index < -0.39 is 5.41 Å². The van der Waals surface area contributed by atoms with E-state index in [1.54, 1.807) is 0 Å². The third-order valence-electron chi connectivity index (χ3n) is 18.0. The molecule has 346 valence electrons. The molecule has 13 rings (SSSR count). The van der Waals surface area contributed by atoms with Crippen molar-refractivity contribution in [1.29, 1.82) is 0 Å². The summed E-state index contributed by atoms with van der Waals surface area (Å²) in [5.41, 5.74) is 24.6. The molecule has 0 radical (unpaired) electrons. The molecular weight excluding hydrogens is 846 g/mol. The third-order valence-corrected chi connectivity index (χ3v) is 18.0. The van der Waals surface area contributed by atoms with Crippen LogP contribution in [-0.2, 0) is 21.7 Å². The highest BCUT2D eigenvalue weighted by atomic mass is 15.3. The van der Waals surface area contributed by atoms with Gasteiger partial charge in [0.2, 0.25) is 0 Å². The molecule has 0 spiro atoms. The van der Waals surface area contributed by atoms with Crippen LogP contribution in [0.2, 0.25) is 0 Å². The van der Waals surface area contributed by atoms with Crippen molar-refractivity contribution in [1.82, 2.24) is 0 Å². The minimum Gasteiger partial charge on any atom is -0.334 e. The van der Waals surface area contributed by atoms with E-state index in [4.69, 9.17) is 0 Å². The number of anilines is 8. The lowest BCUT2D eigenvalue weighted by Gasteiger charge is -2.52. The highest BCUT2D eigenvalue weighted by molar-refractivity contribution is 7.01. The molecular formula is C66H64BN3. The maximum atomic E-state index is 2.78. The number of para-hydroxylation sites is 1. The topological polar surface area (TPSA) is 9.72 Å². The SMILES string of the molecule is CC(C)(C)c1ccc(-c2ccc(N3c4cc(N5c6ccccc6C6(C)CCCCC56C)cc5c4B4c6c3cccc6C(C)(c3ccccc3)c3cccc(c34)N5c3ccc(C(C)(C)C)cc3)cc2)cc1. The highest BCUT2D eigenvalue weighted by Crippen LogP contribution is 2.62. The maximum absolute atomic E-state index is 2.78. The largest absolute Gasteiger partial charge is 0.334 e. The standard InChI is InChI=1S/C66H64BN3/c1-62(2,3)45-31-27-43(28-32-45)44-29-35-48(36-30-44)68-55-25-17-22-52-59(55)67-60-53(66(52,9)47-19-11-10-12-20-47)23-18-26-56(60)69(49-37-33-46(34-38-49)63(4,5)6)58-42-50(41-57(68)61(58)67)70-54-24-14-13-21-51(54)64(7)39-15-16-40-65(64,70)8/h10-14,17-38,41-42H,15-16,39-40H2,1-9H3. The molecule has 0 amide bonds. The van der Waals surface area contributed by atoms with Crippen LogP contribution in [0.3, 0.4) is 0 Å². The molecule has 3 unspecified atom stereocenters. The minimum absolute atomic E-state index is 0.0202. The summed E-state index contributed by atoms with van der Waals surface area (Å²) in [5.74, 6) is 0. The number of rotatable bonds is 5. The first-order valence-electron chi connectivity index (χ1n) is 25.9. The second-order valence-corrected chi connectivity index (χ2v) is 23.8. The molecule has 4 aliphatic heterocycles. The second-order valence-electron chi connectivity index (χ2n) is 23.8. The van der Waals surface area contributed by atoms with Gasteiger partial charge in [0.05, 0.1) is 5.54 Å². The second kappa shape index (κ2) is 14.9. The normalized spacial score (nSPS) is 21.6. The summed E-state index contributed by atoms with van der Waals surface area (Å²) in [6.45, 7) is 21.5. The van der Waals surface area contributed by atoms with Crippen molar-refractivity contribution in [2.24, 2.45) is 0 Å². The molecule has 3 nitrogen and oxygen atoms in total. The summed E-state index contributed by atoms with van der Waals surface area (Å²) in [7, 11) is 0. The van der Waals surface area contributed by atoms with E-state index >= 15 is 0 Å². The van der Waals surface area contributed by atoms with Gasteiger partial charge in [-0.2, -0.15) is 0 Å². The van der Waals surface area contributed by atoms with Crippen molar-refractivity contribution >= 4 is 68.6 Å². The fraction of sp³-hybridized carbons (Fsp3) is 0.273. The zero-order valence-corrected chi connectivity index (χ0v) is 42.5. The van der Waals surface area contributed by atoms with E-state index in [0.29, 0.717) is 0 Å². The predicted octanol–water partition coefficient (Wildman–Crippen LogP) is 15.4. The van der Waals surface area contributed by atoms with Gasteiger partial charge < -0.3 is 14.7 Å². The Morgan fingerprint density at radius 2 is 0.871 bits per heavy atom. The Balaban J connectivity index is 1.11. The van der Waals surface area contributed by atoms with Crippen molar-refractivity contribution in [3.63, 3.8) is 0 Å². The summed E-state index contributed by atoms with van der Waals surface area (Å²) in [5, 5.41) is 0. The van der Waals surface area contributed by atoms with Gasteiger partial charge in [-0.3, -0.25) is 0 Å². The van der Waals surface area contributed by atoms with Crippen LogP contribution in [-0.4, -0.2) is 12.3 Å². The zero-order chi connectivity index (χ0) is 48.1. The molecule has 0 aromatic heterocycles. The summed E-state index contributed by atoms with van der Waals surface area (Å²) in [6, 6.07) is 68.3. The molecule has 70 heavy (non-hydrogen) atoms. The highest BCUT2D eigenvalue weighted by Gasteiger charge is 2.59. The average molecular weight is 910 g/mol. The zero-order valence-electron chi connectivity index (χ0n) is 42.5. The lowest BCUT2D eigenvalue weighted by Crippen LogP contribution is -2.67. The van der Waals surface area contributed by atoms with Crippen molar-refractivity contribution in [2.75, 3.05) is 14.7 Å². The Hall–Kier alpha value is -6.78. The lowest BCUT2D eigenvalue weighted by molar-refractivity contribution is 0.195. The van der Waals surface area contributed by atoms with Crippen LogP contribution in [0.25, 0.3) is 11.1 Å². The summed E-state index contributed by atoms with van der Waals surface area (Å²) >= 11 is 0. The summed E-state index contributed by atoms with van der Waals surface area (Å²) in [4.78, 5) is 8.06. The van der Waals surface area contributed by atoms with E-state index in [-0.39, 0.29) is 28.5 Å². The molecule has 0 bridgehead atoms. The van der Waals surface area contributed by atoms with Gasteiger partial charge in [0.15, 0.2) is 0 Å². The fourth-order valence-electron chi connectivity index (χ4n) is 14.0.